The zero-order chi connectivity index (χ0) is 13.3. The van der Waals surface area contributed by atoms with Crippen molar-refractivity contribution < 1.29 is 0 Å². The summed E-state index contributed by atoms with van der Waals surface area (Å²) < 4.78 is 0. The molecule has 0 radical (unpaired) electrons. The minimum Gasteiger partial charge on any atom is -0.394 e. The Balaban J connectivity index is 2.45. The monoisotopic (exact) mass is 262 g/mol. The first kappa shape index (κ1) is 12.6. The van der Waals surface area contributed by atoms with Crippen molar-refractivity contribution in [3.63, 3.8) is 0 Å². The number of nitrogens with zero attached hydrogens (tertiary/aromatic N) is 3. The Morgan fingerprint density at radius 3 is 2.33 bits per heavy atom. The zero-order valence-electron chi connectivity index (χ0n) is 10.6. The molecule has 18 heavy (non-hydrogen) atoms. The van der Waals surface area contributed by atoms with Crippen LogP contribution in [0, 0.1) is 13.8 Å². The number of rotatable bonds is 2. The fourth-order valence-electron chi connectivity index (χ4n) is 1.68. The lowest BCUT2D eigenvalue weighted by atomic mass is 10.2. The highest BCUT2D eigenvalue weighted by Crippen LogP contribution is 2.29. The molecular weight excluding hydrogens is 248 g/mol. The summed E-state index contributed by atoms with van der Waals surface area (Å²) in [6, 6.07) is 8.11. The molecule has 2 N–H and O–H groups in total. The molecule has 4 nitrogen and oxygen atoms in total. The normalized spacial score (nSPS) is 10.4. The van der Waals surface area contributed by atoms with Crippen LogP contribution < -0.4 is 10.6 Å². The summed E-state index contributed by atoms with van der Waals surface area (Å²) in [7, 11) is 1.90. The SMILES string of the molecule is Cc1ccc(N(C)c2nc(Cl)nc(C)c2N)cc1. The van der Waals surface area contributed by atoms with Gasteiger partial charge in [-0.15, -0.1) is 0 Å². The number of nitrogens with two attached hydrogens (primary N) is 1. The third-order valence-electron chi connectivity index (χ3n) is 2.83. The maximum absolute atomic E-state index is 5.99. The average molecular weight is 263 g/mol. The van der Waals surface area contributed by atoms with Gasteiger partial charge in [0.25, 0.3) is 0 Å². The molecule has 2 aromatic rings. The Hall–Kier alpha value is -1.81. The first-order valence-electron chi connectivity index (χ1n) is 5.59. The highest BCUT2D eigenvalue weighted by atomic mass is 35.5. The van der Waals surface area contributed by atoms with Crippen molar-refractivity contribution in [2.45, 2.75) is 13.8 Å². The predicted octanol–water partition coefficient (Wildman–Crippen LogP) is 3.10. The van der Waals surface area contributed by atoms with Gasteiger partial charge in [-0.25, -0.2) is 4.98 Å². The highest BCUT2D eigenvalue weighted by molar-refractivity contribution is 6.28. The predicted molar refractivity (Wildman–Crippen MR) is 75.4 cm³/mol. The van der Waals surface area contributed by atoms with Crippen LogP contribution in [0.1, 0.15) is 11.3 Å². The van der Waals surface area contributed by atoms with Crippen molar-refractivity contribution in [3.05, 3.63) is 40.8 Å². The van der Waals surface area contributed by atoms with E-state index in [2.05, 4.69) is 9.97 Å². The minimum atomic E-state index is 0.204. The Bertz CT molecular complexity index is 566. The van der Waals surface area contributed by atoms with Crippen LogP contribution in [0.5, 0.6) is 0 Å². The van der Waals surface area contributed by atoms with Gasteiger partial charge in [-0.2, -0.15) is 4.98 Å². The lowest BCUT2D eigenvalue weighted by Gasteiger charge is -2.20. The highest BCUT2D eigenvalue weighted by Gasteiger charge is 2.13. The van der Waals surface area contributed by atoms with Crippen LogP contribution >= 0.6 is 11.6 Å². The fourth-order valence-corrected chi connectivity index (χ4v) is 1.89. The fraction of sp³-hybridized carbons (Fsp3) is 0.231. The summed E-state index contributed by atoms with van der Waals surface area (Å²) in [6.07, 6.45) is 0. The van der Waals surface area contributed by atoms with Gasteiger partial charge in [0.1, 0.15) is 0 Å². The molecule has 0 bridgehead atoms. The smallest absolute Gasteiger partial charge is 0.224 e. The molecule has 2 rings (SSSR count). The van der Waals surface area contributed by atoms with E-state index in [9.17, 15) is 0 Å². The molecule has 1 aromatic heterocycles. The Morgan fingerprint density at radius 2 is 1.72 bits per heavy atom. The van der Waals surface area contributed by atoms with Crippen LogP contribution in [0.3, 0.4) is 0 Å². The second-order valence-electron chi connectivity index (χ2n) is 4.21. The van der Waals surface area contributed by atoms with Crippen molar-refractivity contribution in [2.24, 2.45) is 0 Å². The van der Waals surface area contributed by atoms with Gasteiger partial charge in [0.15, 0.2) is 5.82 Å². The Kier molecular flexibility index (Phi) is 3.39. The molecule has 5 heteroatoms. The standard InChI is InChI=1S/C13H15ClN4/c1-8-4-6-10(7-5-8)18(3)12-11(15)9(2)16-13(14)17-12/h4-7H,15H2,1-3H3. The van der Waals surface area contributed by atoms with E-state index in [1.807, 2.05) is 50.1 Å². The molecule has 0 fully saturated rings. The second-order valence-corrected chi connectivity index (χ2v) is 4.55. The second kappa shape index (κ2) is 4.82. The minimum absolute atomic E-state index is 0.204. The van der Waals surface area contributed by atoms with Crippen LogP contribution in [0.25, 0.3) is 0 Å². The number of aryl methyl sites for hydroxylation is 2. The molecule has 0 aliphatic carbocycles. The first-order valence-corrected chi connectivity index (χ1v) is 5.97. The van der Waals surface area contributed by atoms with E-state index in [0.717, 1.165) is 5.69 Å². The van der Waals surface area contributed by atoms with Crippen LogP contribution in [-0.4, -0.2) is 17.0 Å². The van der Waals surface area contributed by atoms with E-state index in [1.165, 1.54) is 5.56 Å². The van der Waals surface area contributed by atoms with Crippen molar-refractivity contribution in [2.75, 3.05) is 17.7 Å². The first-order chi connectivity index (χ1) is 8.49. The maximum atomic E-state index is 5.99. The van der Waals surface area contributed by atoms with E-state index >= 15 is 0 Å². The van der Waals surface area contributed by atoms with Crippen LogP contribution in [0.2, 0.25) is 5.28 Å². The molecule has 0 aliphatic rings. The topological polar surface area (TPSA) is 55.0 Å². The van der Waals surface area contributed by atoms with Gasteiger partial charge in [-0.05, 0) is 37.6 Å². The molecule has 1 aromatic carbocycles. The van der Waals surface area contributed by atoms with Crippen molar-refractivity contribution in [3.8, 4) is 0 Å². The number of halogens is 1. The van der Waals surface area contributed by atoms with E-state index in [1.54, 1.807) is 0 Å². The Morgan fingerprint density at radius 1 is 1.11 bits per heavy atom. The summed E-state index contributed by atoms with van der Waals surface area (Å²) in [6.45, 7) is 3.86. The summed E-state index contributed by atoms with van der Waals surface area (Å²) in [5.74, 6) is 0.622. The van der Waals surface area contributed by atoms with Crippen molar-refractivity contribution in [1.29, 1.82) is 0 Å². The van der Waals surface area contributed by atoms with Gasteiger partial charge in [0.2, 0.25) is 5.28 Å². The molecule has 1 heterocycles. The van der Waals surface area contributed by atoms with Gasteiger partial charge in [0.05, 0.1) is 11.4 Å². The van der Waals surface area contributed by atoms with Gasteiger partial charge < -0.3 is 10.6 Å². The van der Waals surface area contributed by atoms with E-state index < -0.39 is 0 Å². The molecule has 0 saturated heterocycles. The molecule has 0 spiro atoms. The van der Waals surface area contributed by atoms with Crippen LogP contribution in [0.4, 0.5) is 17.2 Å². The molecule has 94 valence electrons. The van der Waals surface area contributed by atoms with Crippen molar-refractivity contribution >= 4 is 28.8 Å². The maximum Gasteiger partial charge on any atom is 0.224 e. The summed E-state index contributed by atoms with van der Waals surface area (Å²) >= 11 is 5.87. The molecular formula is C13H15ClN4. The summed E-state index contributed by atoms with van der Waals surface area (Å²) in [4.78, 5) is 10.1. The van der Waals surface area contributed by atoms with Gasteiger partial charge in [0, 0.05) is 12.7 Å². The van der Waals surface area contributed by atoms with Crippen molar-refractivity contribution in [1.82, 2.24) is 9.97 Å². The Labute approximate surface area is 111 Å². The number of aromatic nitrogens is 2. The number of nitrogen functional groups attached to an aromatic ring is 1. The quantitative estimate of drug-likeness (QED) is 0.845. The molecule has 0 aliphatic heterocycles. The summed E-state index contributed by atoms with van der Waals surface area (Å²) in [5, 5.41) is 0.204. The van der Waals surface area contributed by atoms with E-state index in [4.69, 9.17) is 17.3 Å². The molecule has 0 atom stereocenters. The van der Waals surface area contributed by atoms with Crippen LogP contribution in [0.15, 0.2) is 24.3 Å². The van der Waals surface area contributed by atoms with Gasteiger partial charge >= 0.3 is 0 Å². The van der Waals surface area contributed by atoms with Crippen LogP contribution in [-0.2, 0) is 0 Å². The molecule has 0 saturated carbocycles. The van der Waals surface area contributed by atoms with E-state index in [-0.39, 0.29) is 5.28 Å². The average Bonchev–Trinajstić information content (AvgIpc) is 2.34. The lowest BCUT2D eigenvalue weighted by molar-refractivity contribution is 1.05. The van der Waals surface area contributed by atoms with Gasteiger partial charge in [-0.1, -0.05) is 17.7 Å². The number of hydrogen-bond acceptors (Lipinski definition) is 4. The summed E-state index contributed by atoms with van der Waals surface area (Å²) in [5.41, 5.74) is 9.43. The zero-order valence-corrected chi connectivity index (χ0v) is 11.4. The largest absolute Gasteiger partial charge is 0.394 e. The number of anilines is 3. The number of hydrogen-bond donors (Lipinski definition) is 1. The third kappa shape index (κ3) is 2.38. The van der Waals surface area contributed by atoms with Gasteiger partial charge in [-0.3, -0.25) is 0 Å². The molecule has 0 amide bonds. The molecule has 0 unspecified atom stereocenters. The lowest BCUT2D eigenvalue weighted by Crippen LogP contribution is -2.15. The third-order valence-corrected chi connectivity index (χ3v) is 3.00. The van der Waals surface area contributed by atoms with E-state index in [0.29, 0.717) is 17.2 Å². The number of benzene rings is 1.